The van der Waals surface area contributed by atoms with Crippen LogP contribution in [0.5, 0.6) is 0 Å². The summed E-state index contributed by atoms with van der Waals surface area (Å²) in [4.78, 5) is 16.7. The lowest BCUT2D eigenvalue weighted by atomic mass is 10.3. The lowest BCUT2D eigenvalue weighted by Crippen LogP contribution is -2.46. The minimum atomic E-state index is -3.61. The molecule has 0 aliphatic carbocycles. The second kappa shape index (κ2) is 6.89. The number of thioether (sulfide) groups is 1. The smallest absolute Gasteiger partial charge is 0.254 e. The maximum atomic E-state index is 12.6. The first kappa shape index (κ1) is 16.9. The molecular formula is C13H15N3O3S4. The quantitative estimate of drug-likeness (QED) is 0.845. The van der Waals surface area contributed by atoms with Crippen molar-refractivity contribution in [2.75, 3.05) is 11.6 Å². The van der Waals surface area contributed by atoms with Crippen molar-refractivity contribution >= 4 is 50.4 Å². The maximum absolute atomic E-state index is 12.6. The Hall–Kier alpha value is -0.940. The first-order chi connectivity index (χ1) is 11.0. The van der Waals surface area contributed by atoms with Gasteiger partial charge in [0.25, 0.3) is 10.0 Å². The number of hydrogen-bond donors (Lipinski definition) is 1. The Balaban J connectivity index is 1.70. The Morgan fingerprint density at radius 3 is 2.96 bits per heavy atom. The molecule has 6 nitrogen and oxygen atoms in total. The van der Waals surface area contributed by atoms with E-state index in [9.17, 15) is 13.2 Å². The van der Waals surface area contributed by atoms with Crippen LogP contribution in [-0.2, 0) is 21.4 Å². The third-order valence-electron chi connectivity index (χ3n) is 3.31. The fourth-order valence-corrected chi connectivity index (χ4v) is 7.06. The van der Waals surface area contributed by atoms with Gasteiger partial charge in [-0.2, -0.15) is 4.31 Å². The van der Waals surface area contributed by atoms with Crippen LogP contribution < -0.4 is 5.32 Å². The summed E-state index contributed by atoms with van der Waals surface area (Å²) in [5.74, 6) is 0.487. The monoisotopic (exact) mass is 389 g/mol. The first-order valence-corrected chi connectivity index (χ1v) is 11.2. The van der Waals surface area contributed by atoms with Crippen molar-refractivity contribution in [1.29, 1.82) is 0 Å². The van der Waals surface area contributed by atoms with Crippen LogP contribution in [0, 0.1) is 6.92 Å². The van der Waals surface area contributed by atoms with Crippen molar-refractivity contribution in [1.82, 2.24) is 14.6 Å². The van der Waals surface area contributed by atoms with Gasteiger partial charge in [0.05, 0.1) is 23.1 Å². The number of nitrogens with zero attached hydrogens (tertiary/aromatic N) is 2. The van der Waals surface area contributed by atoms with Gasteiger partial charge in [-0.1, -0.05) is 6.07 Å². The molecule has 1 fully saturated rings. The molecule has 3 rings (SSSR count). The number of aryl methyl sites for hydroxylation is 1. The molecule has 124 valence electrons. The second-order valence-electron chi connectivity index (χ2n) is 4.92. The summed E-state index contributed by atoms with van der Waals surface area (Å²) in [5, 5.41) is 7.33. The third-order valence-corrected chi connectivity index (χ3v) is 8.54. The molecule has 23 heavy (non-hydrogen) atoms. The molecule has 2 aromatic heterocycles. The normalized spacial score (nSPS) is 19.1. The van der Waals surface area contributed by atoms with E-state index in [2.05, 4.69) is 10.3 Å². The van der Waals surface area contributed by atoms with E-state index in [-0.39, 0.29) is 10.1 Å². The minimum absolute atomic E-state index is 0.271. The molecule has 10 heteroatoms. The highest BCUT2D eigenvalue weighted by Gasteiger charge is 2.40. The summed E-state index contributed by atoms with van der Waals surface area (Å²) < 4.78 is 26.8. The van der Waals surface area contributed by atoms with E-state index in [0.29, 0.717) is 18.2 Å². The van der Waals surface area contributed by atoms with E-state index >= 15 is 0 Å². The highest BCUT2D eigenvalue weighted by atomic mass is 32.2. The number of hydrogen-bond acceptors (Lipinski definition) is 7. The van der Waals surface area contributed by atoms with E-state index in [1.807, 2.05) is 12.3 Å². The largest absolute Gasteiger partial charge is 0.349 e. The Bertz CT molecular complexity index is 785. The van der Waals surface area contributed by atoms with Crippen LogP contribution in [0.3, 0.4) is 0 Å². The van der Waals surface area contributed by atoms with Gasteiger partial charge in [0.2, 0.25) is 5.91 Å². The molecule has 1 aliphatic heterocycles. The number of thiazole rings is 1. The van der Waals surface area contributed by atoms with Crippen LogP contribution in [0.25, 0.3) is 0 Å². The lowest BCUT2D eigenvalue weighted by molar-refractivity contribution is -0.124. The number of aromatic nitrogens is 1. The molecule has 1 N–H and O–H groups in total. The molecule has 1 atom stereocenters. The Morgan fingerprint density at radius 2 is 2.30 bits per heavy atom. The number of thiophene rings is 1. The van der Waals surface area contributed by atoms with Crippen molar-refractivity contribution in [3.05, 3.63) is 33.6 Å². The van der Waals surface area contributed by atoms with E-state index in [1.54, 1.807) is 17.5 Å². The SMILES string of the molecule is Cc1nc(CNC(=O)C2CSCN2S(=O)(=O)c2cccs2)cs1. The minimum Gasteiger partial charge on any atom is -0.349 e. The first-order valence-electron chi connectivity index (χ1n) is 6.80. The van der Waals surface area contributed by atoms with Crippen molar-refractivity contribution in [3.63, 3.8) is 0 Å². The molecule has 0 radical (unpaired) electrons. The van der Waals surface area contributed by atoms with Gasteiger partial charge in [-0.3, -0.25) is 4.79 Å². The van der Waals surface area contributed by atoms with Crippen LogP contribution in [-0.4, -0.2) is 41.3 Å². The summed E-state index contributed by atoms with van der Waals surface area (Å²) in [5.41, 5.74) is 0.791. The Morgan fingerprint density at radius 1 is 1.48 bits per heavy atom. The van der Waals surface area contributed by atoms with Gasteiger partial charge in [0.15, 0.2) is 0 Å². The summed E-state index contributed by atoms with van der Waals surface area (Å²) in [6, 6.07) is 2.59. The van der Waals surface area contributed by atoms with Crippen molar-refractivity contribution in [2.24, 2.45) is 0 Å². The van der Waals surface area contributed by atoms with Crippen molar-refractivity contribution < 1.29 is 13.2 Å². The number of sulfonamides is 1. The van der Waals surface area contributed by atoms with Crippen LogP contribution in [0.2, 0.25) is 0 Å². The number of amides is 1. The number of nitrogens with one attached hydrogen (secondary N) is 1. The van der Waals surface area contributed by atoms with Gasteiger partial charge in [-0.15, -0.1) is 34.4 Å². The molecule has 1 saturated heterocycles. The van der Waals surface area contributed by atoms with Crippen LogP contribution >= 0.6 is 34.4 Å². The molecule has 2 aromatic rings. The van der Waals surface area contributed by atoms with Crippen LogP contribution in [0.4, 0.5) is 0 Å². The highest BCUT2D eigenvalue weighted by Crippen LogP contribution is 2.30. The van der Waals surface area contributed by atoms with E-state index in [0.717, 1.165) is 22.0 Å². The van der Waals surface area contributed by atoms with Gasteiger partial charge in [-0.25, -0.2) is 13.4 Å². The zero-order valence-corrected chi connectivity index (χ0v) is 15.5. The summed E-state index contributed by atoms with van der Waals surface area (Å²) in [6.07, 6.45) is 0. The van der Waals surface area contributed by atoms with Gasteiger partial charge in [-0.05, 0) is 18.4 Å². The molecule has 1 unspecified atom stereocenters. The molecule has 0 spiro atoms. The molecule has 0 aromatic carbocycles. The maximum Gasteiger partial charge on any atom is 0.254 e. The van der Waals surface area contributed by atoms with E-state index < -0.39 is 16.1 Å². The Kier molecular flexibility index (Phi) is 5.07. The summed E-state index contributed by atoms with van der Waals surface area (Å²) in [7, 11) is -3.61. The van der Waals surface area contributed by atoms with Crippen LogP contribution in [0.1, 0.15) is 10.7 Å². The topological polar surface area (TPSA) is 79.4 Å². The van der Waals surface area contributed by atoms with E-state index in [4.69, 9.17) is 0 Å². The molecule has 0 saturated carbocycles. The van der Waals surface area contributed by atoms with Crippen LogP contribution in [0.15, 0.2) is 27.1 Å². The zero-order chi connectivity index (χ0) is 16.4. The van der Waals surface area contributed by atoms with Gasteiger partial charge in [0.1, 0.15) is 10.3 Å². The van der Waals surface area contributed by atoms with E-state index in [1.165, 1.54) is 27.4 Å². The standard InChI is InChI=1S/C13H15N3O3S4/c1-9-15-10(6-22-9)5-14-13(17)11-7-20-8-16(11)23(18,19)12-3-2-4-21-12/h2-4,6,11H,5,7-8H2,1H3,(H,14,17). The highest BCUT2D eigenvalue weighted by molar-refractivity contribution is 8.01. The van der Waals surface area contributed by atoms with Crippen molar-refractivity contribution in [3.8, 4) is 0 Å². The summed E-state index contributed by atoms with van der Waals surface area (Å²) in [6.45, 7) is 2.22. The average molecular weight is 390 g/mol. The lowest BCUT2D eigenvalue weighted by Gasteiger charge is -2.21. The van der Waals surface area contributed by atoms with Gasteiger partial charge in [0, 0.05) is 11.1 Å². The second-order valence-corrected chi connectivity index (χ2v) is 10.0. The zero-order valence-electron chi connectivity index (χ0n) is 12.3. The number of rotatable bonds is 5. The molecule has 1 amide bonds. The number of carbonyl (C=O) groups is 1. The predicted molar refractivity (Wildman–Crippen MR) is 93.2 cm³/mol. The van der Waals surface area contributed by atoms with Gasteiger partial charge < -0.3 is 5.32 Å². The van der Waals surface area contributed by atoms with Crippen molar-refractivity contribution in [2.45, 2.75) is 23.7 Å². The number of carbonyl (C=O) groups excluding carboxylic acids is 1. The molecule has 1 aliphatic rings. The fourth-order valence-electron chi connectivity index (χ4n) is 2.18. The fraction of sp³-hybridized carbons (Fsp3) is 0.385. The molecule has 3 heterocycles. The molecular weight excluding hydrogens is 374 g/mol. The summed E-state index contributed by atoms with van der Waals surface area (Å²) >= 11 is 4.13. The predicted octanol–water partition coefficient (Wildman–Crippen LogP) is 1.89. The molecule has 0 bridgehead atoms. The Labute approximate surface area is 147 Å². The average Bonchev–Trinajstić information content (AvgIpc) is 3.25. The van der Waals surface area contributed by atoms with Gasteiger partial charge >= 0.3 is 0 Å². The third kappa shape index (κ3) is 3.61.